The van der Waals surface area contributed by atoms with Gasteiger partial charge in [0.05, 0.1) is 24.5 Å². The zero-order valence-corrected chi connectivity index (χ0v) is 20.0. The first kappa shape index (κ1) is 25.1. The van der Waals surface area contributed by atoms with Crippen molar-refractivity contribution >= 4 is 34.6 Å². The molecule has 0 aliphatic carbocycles. The van der Waals surface area contributed by atoms with Gasteiger partial charge in [-0.2, -0.15) is 13.2 Å². The largest absolute Gasteiger partial charge is 0.485 e. The molecule has 5 nitrogen and oxygen atoms in total. The lowest BCUT2D eigenvalue weighted by Gasteiger charge is -2.29. The van der Waals surface area contributed by atoms with Gasteiger partial charge in [-0.15, -0.1) is 6.58 Å². The summed E-state index contributed by atoms with van der Waals surface area (Å²) in [5.74, 6) is -1.13. The van der Waals surface area contributed by atoms with E-state index >= 15 is 0 Å². The molecule has 35 heavy (non-hydrogen) atoms. The van der Waals surface area contributed by atoms with E-state index in [0.717, 1.165) is 11.0 Å². The Bertz CT molecular complexity index is 1180. The van der Waals surface area contributed by atoms with Crippen LogP contribution >= 0.6 is 12.2 Å². The van der Waals surface area contributed by atoms with Crippen molar-refractivity contribution in [1.29, 1.82) is 0 Å². The van der Waals surface area contributed by atoms with Gasteiger partial charge in [0.25, 0.3) is 5.91 Å². The number of nitrogens with zero attached hydrogens (tertiary/aromatic N) is 2. The molecule has 2 heterocycles. The van der Waals surface area contributed by atoms with Gasteiger partial charge in [0.15, 0.2) is 16.7 Å². The predicted octanol–water partition coefficient (Wildman–Crippen LogP) is 5.66. The van der Waals surface area contributed by atoms with Gasteiger partial charge >= 0.3 is 6.18 Å². The highest BCUT2D eigenvalue weighted by atomic mass is 32.1. The van der Waals surface area contributed by atoms with Crippen molar-refractivity contribution in [2.24, 2.45) is 0 Å². The maximum atomic E-state index is 14.9. The first-order chi connectivity index (χ1) is 16.4. The summed E-state index contributed by atoms with van der Waals surface area (Å²) in [6.07, 6.45) is -2.83. The molecule has 10 heteroatoms. The zero-order chi connectivity index (χ0) is 25.5. The van der Waals surface area contributed by atoms with Crippen LogP contribution in [0.4, 0.5) is 28.9 Å². The molecule has 4 rings (SSSR count). The van der Waals surface area contributed by atoms with Crippen molar-refractivity contribution < 1.29 is 31.8 Å². The number of hydrogen-bond acceptors (Lipinski definition) is 4. The number of ether oxygens (including phenoxy) is 2. The average molecular weight is 509 g/mol. The Balaban J connectivity index is 1.69. The van der Waals surface area contributed by atoms with Gasteiger partial charge in [0.1, 0.15) is 11.6 Å². The predicted molar refractivity (Wildman–Crippen MR) is 128 cm³/mol. The fraction of sp³-hybridized carbons (Fsp3) is 0.360. The number of halogens is 4. The van der Waals surface area contributed by atoms with Crippen LogP contribution in [0.1, 0.15) is 31.4 Å². The lowest BCUT2D eigenvalue weighted by atomic mass is 10.0. The number of carbonyl (C=O) groups is 1. The Labute approximate surface area is 205 Å². The minimum absolute atomic E-state index is 0.0163. The molecule has 1 amide bonds. The van der Waals surface area contributed by atoms with E-state index in [9.17, 15) is 22.4 Å². The summed E-state index contributed by atoms with van der Waals surface area (Å²) < 4.78 is 66.9. The van der Waals surface area contributed by atoms with Gasteiger partial charge in [0, 0.05) is 18.2 Å². The molecule has 0 N–H and O–H groups in total. The second-order valence-corrected chi connectivity index (χ2v) is 9.23. The summed E-state index contributed by atoms with van der Waals surface area (Å²) in [4.78, 5) is 15.8. The molecule has 0 spiro atoms. The molecule has 2 fully saturated rings. The van der Waals surface area contributed by atoms with E-state index in [2.05, 4.69) is 6.58 Å². The van der Waals surface area contributed by atoms with Crippen LogP contribution in [0.2, 0.25) is 0 Å². The molecular formula is C25H24F4N2O3S. The van der Waals surface area contributed by atoms with Gasteiger partial charge < -0.3 is 14.4 Å². The molecule has 0 aromatic heterocycles. The number of rotatable bonds is 6. The minimum Gasteiger partial charge on any atom is -0.485 e. The highest BCUT2D eigenvalue weighted by Gasteiger charge is 2.50. The minimum atomic E-state index is -4.63. The third-order valence-corrected chi connectivity index (χ3v) is 6.41. The normalized spacial score (nSPS) is 20.0. The van der Waals surface area contributed by atoms with E-state index in [-0.39, 0.29) is 40.3 Å². The summed E-state index contributed by atoms with van der Waals surface area (Å²) in [7, 11) is 0. The molecule has 0 unspecified atom stereocenters. The number of thiocarbonyl (C=S) groups is 1. The third kappa shape index (κ3) is 4.64. The van der Waals surface area contributed by atoms with Crippen molar-refractivity contribution in [1.82, 2.24) is 0 Å². The standard InChI is InChI=1S/C25H24F4N2O3S/c1-4-5-15-6-7-16(12-19(15)25(27,28)29)30-22(32)24(2,3)31(23(30)35)17-8-9-21(20(26)13-17)34-18-10-11-33-14-18/h4,6-9,12-13,18H,1,5,10-11,14H2,2-3H3/t18-/m1/s1. The van der Waals surface area contributed by atoms with Gasteiger partial charge in [0.2, 0.25) is 0 Å². The van der Waals surface area contributed by atoms with Crippen LogP contribution in [0.3, 0.4) is 0 Å². The molecular weight excluding hydrogens is 484 g/mol. The quantitative estimate of drug-likeness (QED) is 0.286. The van der Waals surface area contributed by atoms with Crippen LogP contribution in [-0.4, -0.2) is 35.9 Å². The van der Waals surface area contributed by atoms with Crippen LogP contribution in [-0.2, 0) is 22.1 Å². The SMILES string of the molecule is C=CCc1ccc(N2C(=O)C(C)(C)N(c3ccc(O[C@@H]4CCOC4)c(F)c3)C2=S)cc1C(F)(F)F. The van der Waals surface area contributed by atoms with Gasteiger partial charge in [-0.25, -0.2) is 4.39 Å². The summed E-state index contributed by atoms with van der Waals surface area (Å²) in [5.41, 5.74) is -1.84. The van der Waals surface area contributed by atoms with E-state index in [1.165, 1.54) is 35.2 Å². The molecule has 2 aromatic rings. The monoisotopic (exact) mass is 508 g/mol. The molecule has 2 aliphatic rings. The molecule has 1 atom stereocenters. The van der Waals surface area contributed by atoms with Gasteiger partial charge in [-0.1, -0.05) is 12.1 Å². The molecule has 0 bridgehead atoms. The van der Waals surface area contributed by atoms with Crippen molar-refractivity contribution in [2.45, 2.75) is 44.5 Å². The van der Waals surface area contributed by atoms with Crippen molar-refractivity contribution in [2.75, 3.05) is 23.0 Å². The van der Waals surface area contributed by atoms with Crippen molar-refractivity contribution in [3.8, 4) is 5.75 Å². The molecule has 2 aliphatic heterocycles. The summed E-state index contributed by atoms with van der Waals surface area (Å²) in [6, 6.07) is 7.84. The Kier molecular flexibility index (Phi) is 6.63. The number of allylic oxidation sites excluding steroid dienone is 1. The van der Waals surface area contributed by atoms with Gasteiger partial charge in [-0.3, -0.25) is 9.69 Å². The van der Waals surface area contributed by atoms with E-state index in [1.807, 2.05) is 0 Å². The fourth-order valence-electron chi connectivity index (χ4n) is 4.27. The molecule has 0 radical (unpaired) electrons. The van der Waals surface area contributed by atoms with Crippen LogP contribution in [0, 0.1) is 5.82 Å². The highest BCUT2D eigenvalue weighted by Crippen LogP contribution is 2.40. The molecule has 0 saturated carbocycles. The summed E-state index contributed by atoms with van der Waals surface area (Å²) in [6.45, 7) is 7.58. The van der Waals surface area contributed by atoms with Gasteiger partial charge in [-0.05, 0) is 62.3 Å². The first-order valence-electron chi connectivity index (χ1n) is 11.0. The number of alkyl halides is 3. The number of anilines is 2. The maximum absolute atomic E-state index is 14.9. The van der Waals surface area contributed by atoms with Crippen LogP contribution in [0.15, 0.2) is 49.1 Å². The van der Waals surface area contributed by atoms with Crippen LogP contribution in [0.5, 0.6) is 5.75 Å². The Morgan fingerprint density at radius 2 is 1.94 bits per heavy atom. The van der Waals surface area contributed by atoms with E-state index in [4.69, 9.17) is 21.7 Å². The Hall–Kier alpha value is -2.98. The second-order valence-electron chi connectivity index (χ2n) is 8.87. The lowest BCUT2D eigenvalue weighted by molar-refractivity contribution is -0.138. The zero-order valence-electron chi connectivity index (χ0n) is 19.2. The number of carbonyl (C=O) groups excluding carboxylic acids is 1. The maximum Gasteiger partial charge on any atom is 0.416 e. The van der Waals surface area contributed by atoms with Crippen molar-refractivity contribution in [3.05, 3.63) is 66.0 Å². The highest BCUT2D eigenvalue weighted by molar-refractivity contribution is 7.81. The van der Waals surface area contributed by atoms with E-state index in [1.54, 1.807) is 19.9 Å². The third-order valence-electron chi connectivity index (χ3n) is 6.04. The molecule has 186 valence electrons. The topological polar surface area (TPSA) is 42.0 Å². The van der Waals surface area contributed by atoms with E-state index < -0.39 is 29.0 Å². The van der Waals surface area contributed by atoms with Crippen LogP contribution < -0.4 is 14.5 Å². The number of benzene rings is 2. The number of amides is 1. The first-order valence-corrected chi connectivity index (χ1v) is 11.4. The van der Waals surface area contributed by atoms with Crippen LogP contribution in [0.25, 0.3) is 0 Å². The summed E-state index contributed by atoms with van der Waals surface area (Å²) >= 11 is 5.53. The van der Waals surface area contributed by atoms with E-state index in [0.29, 0.717) is 19.6 Å². The summed E-state index contributed by atoms with van der Waals surface area (Å²) in [5, 5.41) is -0.0538. The Morgan fingerprint density at radius 3 is 2.54 bits per heavy atom. The Morgan fingerprint density at radius 1 is 1.23 bits per heavy atom. The molecule has 2 aromatic carbocycles. The smallest absolute Gasteiger partial charge is 0.416 e. The number of hydrogen-bond donors (Lipinski definition) is 0. The average Bonchev–Trinajstić information content (AvgIpc) is 3.34. The molecule has 2 saturated heterocycles. The van der Waals surface area contributed by atoms with Crippen molar-refractivity contribution in [3.63, 3.8) is 0 Å². The fourth-order valence-corrected chi connectivity index (χ4v) is 4.79. The lowest BCUT2D eigenvalue weighted by Crippen LogP contribution is -2.44. The second kappa shape index (κ2) is 9.23.